The topological polar surface area (TPSA) is 91.5 Å². The molecule has 0 N–H and O–H groups in total. The number of carbonyl (C=O) groups excluding carboxylic acids is 1. The third-order valence-corrected chi connectivity index (χ3v) is 6.84. The van der Waals surface area contributed by atoms with Gasteiger partial charge in [-0.2, -0.15) is 10.4 Å². The molecule has 32 heavy (non-hydrogen) atoms. The zero-order chi connectivity index (χ0) is 22.2. The van der Waals surface area contributed by atoms with Crippen LogP contribution >= 0.6 is 0 Å². The summed E-state index contributed by atoms with van der Waals surface area (Å²) in [5.41, 5.74) is 0.502. The number of aromatic nitrogens is 2. The molecule has 3 atom stereocenters. The zero-order valence-electron chi connectivity index (χ0n) is 17.2. The number of hydrogen-bond acceptors (Lipinski definition) is 6. The molecule has 3 heterocycles. The van der Waals surface area contributed by atoms with E-state index >= 15 is 0 Å². The predicted octanol–water partition coefficient (Wildman–Crippen LogP) is 3.63. The Morgan fingerprint density at radius 3 is 2.75 bits per heavy atom. The monoisotopic (exact) mass is 437 g/mol. The van der Waals surface area contributed by atoms with Crippen LogP contribution in [0.5, 0.6) is 5.88 Å². The molecule has 1 amide bonds. The van der Waals surface area contributed by atoms with Crippen molar-refractivity contribution in [2.24, 2.45) is 28.8 Å². The van der Waals surface area contributed by atoms with Gasteiger partial charge in [-0.15, -0.1) is 0 Å². The van der Waals surface area contributed by atoms with Gasteiger partial charge in [0.1, 0.15) is 29.4 Å². The van der Waals surface area contributed by atoms with Crippen LogP contribution in [0.1, 0.15) is 43.0 Å². The summed E-state index contributed by atoms with van der Waals surface area (Å²) in [6.45, 7) is 0.445. The van der Waals surface area contributed by atoms with Crippen molar-refractivity contribution in [2.45, 2.75) is 31.7 Å². The molecule has 1 aliphatic heterocycles. The lowest BCUT2D eigenvalue weighted by atomic mass is 9.55. The van der Waals surface area contributed by atoms with E-state index in [1.165, 1.54) is 11.2 Å². The van der Waals surface area contributed by atoms with Crippen LogP contribution in [0.25, 0.3) is 0 Å². The third kappa shape index (κ3) is 3.70. The number of halogens is 2. The van der Waals surface area contributed by atoms with Gasteiger partial charge in [0, 0.05) is 36.9 Å². The number of ether oxygens (including phenoxy) is 1. The normalized spacial score (nSPS) is 28.2. The zero-order valence-corrected chi connectivity index (χ0v) is 17.2. The van der Waals surface area contributed by atoms with Gasteiger partial charge < -0.3 is 4.74 Å². The first-order chi connectivity index (χ1) is 15.5. The van der Waals surface area contributed by atoms with E-state index < -0.39 is 17.7 Å². The summed E-state index contributed by atoms with van der Waals surface area (Å²) in [5.74, 6) is -0.423. The molecule has 6 rings (SSSR count). The smallest absolute Gasteiger partial charge is 0.246 e. The minimum atomic E-state index is -0.771. The number of pyridine rings is 2. The second-order valence-electron chi connectivity index (χ2n) is 8.65. The largest absolute Gasteiger partial charge is 0.477 e. The quantitative estimate of drug-likeness (QED) is 0.712. The average molecular weight is 437 g/mol. The van der Waals surface area contributed by atoms with Gasteiger partial charge in [-0.3, -0.25) is 9.78 Å². The van der Waals surface area contributed by atoms with E-state index in [1.807, 2.05) is 6.07 Å². The Bertz CT molecular complexity index is 1090. The molecule has 0 spiro atoms. The molecule has 3 saturated carbocycles. The molecule has 3 aliphatic carbocycles. The summed E-state index contributed by atoms with van der Waals surface area (Å²) in [6, 6.07) is 5.47. The van der Waals surface area contributed by atoms with Crippen molar-refractivity contribution in [3.63, 3.8) is 0 Å². The van der Waals surface area contributed by atoms with Crippen LogP contribution in [0, 0.1) is 46.6 Å². The summed E-state index contributed by atoms with van der Waals surface area (Å²) in [4.78, 5) is 21.4. The number of nitrogens with zero attached hydrogens (tertiary/aromatic N) is 5. The van der Waals surface area contributed by atoms with Crippen LogP contribution in [0.4, 0.5) is 8.78 Å². The first kappa shape index (κ1) is 20.5. The van der Waals surface area contributed by atoms with Crippen LogP contribution in [0.15, 0.2) is 35.7 Å². The van der Waals surface area contributed by atoms with Crippen molar-refractivity contribution in [3.8, 4) is 11.9 Å². The van der Waals surface area contributed by atoms with Gasteiger partial charge in [0.2, 0.25) is 11.8 Å². The van der Waals surface area contributed by atoms with Gasteiger partial charge in [-0.05, 0) is 43.1 Å². The fraction of sp³-hybridized carbons (Fsp3) is 0.435. The Hall–Kier alpha value is -3.41. The molecule has 7 nitrogen and oxygen atoms in total. The average Bonchev–Trinajstić information content (AvgIpc) is 3.26. The Morgan fingerprint density at radius 1 is 1.19 bits per heavy atom. The summed E-state index contributed by atoms with van der Waals surface area (Å²) >= 11 is 0. The number of carbonyl (C=O) groups is 1. The lowest BCUT2D eigenvalue weighted by molar-refractivity contribution is -0.148. The molecule has 2 bridgehead atoms. The highest BCUT2D eigenvalue weighted by atomic mass is 19.1. The minimum Gasteiger partial charge on any atom is -0.477 e. The summed E-state index contributed by atoms with van der Waals surface area (Å²) in [7, 11) is 0. The third-order valence-electron chi connectivity index (χ3n) is 6.84. The highest BCUT2D eigenvalue weighted by Gasteiger charge is 2.50. The van der Waals surface area contributed by atoms with E-state index in [4.69, 9.17) is 10.00 Å². The minimum absolute atomic E-state index is 0.0336. The molecular formula is C23H21F2N5O2. The van der Waals surface area contributed by atoms with Gasteiger partial charge in [-0.1, -0.05) is 0 Å². The fourth-order valence-corrected chi connectivity index (χ4v) is 5.06. The molecule has 0 radical (unpaired) electrons. The second kappa shape index (κ2) is 8.26. The molecule has 164 valence electrons. The fourth-order valence-electron chi connectivity index (χ4n) is 5.06. The second-order valence-corrected chi connectivity index (χ2v) is 8.65. The maximum atomic E-state index is 14.3. The number of hydrogen-bond donors (Lipinski definition) is 0. The number of rotatable bonds is 5. The number of amides is 1. The summed E-state index contributed by atoms with van der Waals surface area (Å²) in [5, 5.41) is 14.4. The van der Waals surface area contributed by atoms with E-state index in [1.54, 1.807) is 18.3 Å². The van der Waals surface area contributed by atoms with Crippen LogP contribution in [0.3, 0.4) is 0 Å². The van der Waals surface area contributed by atoms with Crippen molar-refractivity contribution in [3.05, 3.63) is 53.5 Å². The van der Waals surface area contributed by atoms with Crippen LogP contribution < -0.4 is 4.74 Å². The molecule has 0 saturated heterocycles. The standard InChI is InChI=1S/C23H21F2N5O2/c24-17-8-19(25)22(28-11-17)20-3-4-29-30(20)23(31)18-7-16(14-5-15(18)6-14)12-32-21-2-1-13(9-26)10-27-21/h1-2,4,8,10-11,14-16,18,20H,3,5-7,12H2/t14?,15?,16-,18-,20?/m0/s1. The Labute approximate surface area is 183 Å². The summed E-state index contributed by atoms with van der Waals surface area (Å²) < 4.78 is 33.4. The van der Waals surface area contributed by atoms with Crippen molar-refractivity contribution >= 4 is 12.1 Å². The first-order valence-corrected chi connectivity index (χ1v) is 10.7. The van der Waals surface area contributed by atoms with Crippen molar-refractivity contribution < 1.29 is 18.3 Å². The van der Waals surface area contributed by atoms with Crippen molar-refractivity contribution in [1.82, 2.24) is 15.0 Å². The van der Waals surface area contributed by atoms with E-state index in [0.717, 1.165) is 25.1 Å². The predicted molar refractivity (Wildman–Crippen MR) is 109 cm³/mol. The van der Waals surface area contributed by atoms with Gasteiger partial charge in [0.15, 0.2) is 0 Å². The maximum absolute atomic E-state index is 14.3. The Balaban J connectivity index is 1.26. The van der Waals surface area contributed by atoms with Gasteiger partial charge in [-0.25, -0.2) is 18.8 Å². The van der Waals surface area contributed by atoms with E-state index in [-0.39, 0.29) is 23.4 Å². The first-order valence-electron chi connectivity index (χ1n) is 10.7. The van der Waals surface area contributed by atoms with Crippen LogP contribution in [0.2, 0.25) is 0 Å². The van der Waals surface area contributed by atoms with E-state index in [0.29, 0.717) is 42.7 Å². The van der Waals surface area contributed by atoms with Gasteiger partial charge >= 0.3 is 0 Å². The molecule has 2 aromatic rings. The van der Waals surface area contributed by atoms with Gasteiger partial charge in [0.25, 0.3) is 0 Å². The highest BCUT2D eigenvalue weighted by Crippen LogP contribution is 2.53. The van der Waals surface area contributed by atoms with Gasteiger partial charge in [0.05, 0.1) is 18.4 Å². The number of nitriles is 1. The maximum Gasteiger partial charge on any atom is 0.246 e. The molecule has 3 fully saturated rings. The van der Waals surface area contributed by atoms with Crippen molar-refractivity contribution in [1.29, 1.82) is 5.26 Å². The molecular weight excluding hydrogens is 416 g/mol. The molecule has 4 aliphatic rings. The lowest BCUT2D eigenvalue weighted by Gasteiger charge is -2.51. The van der Waals surface area contributed by atoms with Crippen LogP contribution in [-0.2, 0) is 4.79 Å². The SMILES string of the molecule is N#Cc1ccc(OC[C@@H]2C[C@H](C(=O)N3N=CCC3c3ncc(F)cc3F)C3CC2C3)nc1. The molecule has 1 unspecified atom stereocenters. The Kier molecular flexibility index (Phi) is 5.29. The highest BCUT2D eigenvalue weighted by molar-refractivity contribution is 5.82. The lowest BCUT2D eigenvalue weighted by Crippen LogP contribution is -2.50. The number of fused-ring (bicyclic) bond motifs is 2. The number of hydrazone groups is 1. The molecule has 9 heteroatoms. The van der Waals surface area contributed by atoms with E-state index in [9.17, 15) is 13.6 Å². The van der Waals surface area contributed by atoms with Crippen molar-refractivity contribution in [2.75, 3.05) is 6.61 Å². The Morgan fingerprint density at radius 2 is 2.03 bits per heavy atom. The molecule has 2 aromatic heterocycles. The molecule has 0 aromatic carbocycles. The summed E-state index contributed by atoms with van der Waals surface area (Å²) in [6.07, 6.45) is 6.93. The van der Waals surface area contributed by atoms with Crippen LogP contribution in [-0.4, -0.2) is 33.7 Å². The van der Waals surface area contributed by atoms with E-state index in [2.05, 4.69) is 15.1 Å².